The highest BCUT2D eigenvalue weighted by atomic mass is 79.9. The topological polar surface area (TPSA) is 66.5 Å². The molecule has 0 aliphatic rings. The summed E-state index contributed by atoms with van der Waals surface area (Å²) in [6.45, 7) is 1.58. The Morgan fingerprint density at radius 3 is 2.46 bits per heavy atom. The summed E-state index contributed by atoms with van der Waals surface area (Å²) in [7, 11) is -2.38. The SMILES string of the molecule is Cc1cc(Br)ccc1NC(=O)CN(C)S(=O)(=O)c1ccccc1Br. The minimum Gasteiger partial charge on any atom is -0.325 e. The Hall–Kier alpha value is -1.22. The van der Waals surface area contributed by atoms with Gasteiger partial charge in [0.1, 0.15) is 0 Å². The number of nitrogens with zero attached hydrogens (tertiary/aromatic N) is 1. The van der Waals surface area contributed by atoms with E-state index >= 15 is 0 Å². The zero-order valence-electron chi connectivity index (χ0n) is 13.1. The maximum Gasteiger partial charge on any atom is 0.244 e. The van der Waals surface area contributed by atoms with Crippen molar-refractivity contribution in [1.82, 2.24) is 4.31 Å². The van der Waals surface area contributed by atoms with E-state index in [0.29, 0.717) is 10.2 Å². The van der Waals surface area contributed by atoms with E-state index in [0.717, 1.165) is 14.3 Å². The molecule has 0 saturated heterocycles. The molecule has 0 saturated carbocycles. The number of carbonyl (C=O) groups is 1. The fourth-order valence-corrected chi connectivity index (χ4v) is 4.63. The van der Waals surface area contributed by atoms with E-state index in [4.69, 9.17) is 0 Å². The van der Waals surface area contributed by atoms with Gasteiger partial charge in [-0.2, -0.15) is 4.31 Å². The number of amides is 1. The fourth-order valence-electron chi connectivity index (χ4n) is 2.07. The molecule has 0 aliphatic carbocycles. The minimum absolute atomic E-state index is 0.125. The van der Waals surface area contributed by atoms with E-state index in [1.54, 1.807) is 24.3 Å². The molecule has 0 spiro atoms. The average molecular weight is 476 g/mol. The maximum atomic E-state index is 12.6. The van der Waals surface area contributed by atoms with Crippen molar-refractivity contribution in [3.63, 3.8) is 0 Å². The van der Waals surface area contributed by atoms with Crippen LogP contribution in [0, 0.1) is 6.92 Å². The lowest BCUT2D eigenvalue weighted by atomic mass is 10.2. The van der Waals surface area contributed by atoms with Crippen LogP contribution in [0.5, 0.6) is 0 Å². The molecule has 24 heavy (non-hydrogen) atoms. The van der Waals surface area contributed by atoms with Crippen LogP contribution >= 0.6 is 31.9 Å². The second kappa shape index (κ2) is 7.77. The molecular weight excluding hydrogens is 460 g/mol. The molecule has 8 heteroatoms. The second-order valence-corrected chi connectivity index (χ2v) is 8.98. The van der Waals surface area contributed by atoms with Crippen molar-refractivity contribution in [2.45, 2.75) is 11.8 Å². The van der Waals surface area contributed by atoms with Gasteiger partial charge in [0.2, 0.25) is 15.9 Å². The summed E-state index contributed by atoms with van der Waals surface area (Å²) >= 11 is 6.58. The first-order chi connectivity index (χ1) is 11.2. The molecule has 0 unspecified atom stereocenters. The second-order valence-electron chi connectivity index (χ2n) is 5.20. The molecule has 0 fully saturated rings. The highest BCUT2D eigenvalue weighted by Gasteiger charge is 2.25. The first-order valence-electron chi connectivity index (χ1n) is 6.98. The minimum atomic E-state index is -3.76. The van der Waals surface area contributed by atoms with Crippen LogP contribution in [-0.2, 0) is 14.8 Å². The lowest BCUT2D eigenvalue weighted by molar-refractivity contribution is -0.116. The summed E-state index contributed by atoms with van der Waals surface area (Å²) in [5.41, 5.74) is 1.53. The third-order valence-corrected chi connectivity index (χ3v) is 6.66. The van der Waals surface area contributed by atoms with Crippen molar-refractivity contribution in [3.8, 4) is 0 Å². The number of rotatable bonds is 5. The number of likely N-dealkylation sites (N-methyl/N-ethyl adjacent to an activating group) is 1. The molecule has 128 valence electrons. The Balaban J connectivity index is 2.12. The lowest BCUT2D eigenvalue weighted by Crippen LogP contribution is -2.35. The molecule has 2 aromatic rings. The summed E-state index contributed by atoms with van der Waals surface area (Å²) in [6.07, 6.45) is 0. The summed E-state index contributed by atoms with van der Waals surface area (Å²) in [5.74, 6) is -0.404. The van der Waals surface area contributed by atoms with Crippen LogP contribution in [0.4, 0.5) is 5.69 Å². The molecule has 0 atom stereocenters. The van der Waals surface area contributed by atoms with Crippen LogP contribution in [0.2, 0.25) is 0 Å². The number of hydrogen-bond donors (Lipinski definition) is 1. The Labute approximate surface area is 158 Å². The van der Waals surface area contributed by atoms with Gasteiger partial charge in [0, 0.05) is 21.7 Å². The Bertz CT molecular complexity index is 869. The summed E-state index contributed by atoms with van der Waals surface area (Å²) < 4.78 is 27.5. The van der Waals surface area contributed by atoms with Crippen molar-refractivity contribution in [1.29, 1.82) is 0 Å². The van der Waals surface area contributed by atoms with Gasteiger partial charge >= 0.3 is 0 Å². The number of anilines is 1. The maximum absolute atomic E-state index is 12.6. The number of hydrogen-bond acceptors (Lipinski definition) is 3. The van der Waals surface area contributed by atoms with E-state index in [-0.39, 0.29) is 11.4 Å². The third-order valence-electron chi connectivity index (χ3n) is 3.35. The predicted octanol–water partition coefficient (Wildman–Crippen LogP) is 3.78. The monoisotopic (exact) mass is 474 g/mol. The number of aryl methyl sites for hydroxylation is 1. The quantitative estimate of drug-likeness (QED) is 0.715. The van der Waals surface area contributed by atoms with E-state index in [9.17, 15) is 13.2 Å². The van der Waals surface area contributed by atoms with Crippen molar-refractivity contribution in [2.24, 2.45) is 0 Å². The fraction of sp³-hybridized carbons (Fsp3) is 0.188. The first kappa shape index (κ1) is 19.1. The zero-order chi connectivity index (χ0) is 17.9. The Morgan fingerprint density at radius 1 is 1.17 bits per heavy atom. The smallest absolute Gasteiger partial charge is 0.244 e. The summed E-state index contributed by atoms with van der Waals surface area (Å²) in [5, 5.41) is 2.73. The van der Waals surface area contributed by atoms with E-state index in [1.165, 1.54) is 13.1 Å². The molecule has 5 nitrogen and oxygen atoms in total. The van der Waals surface area contributed by atoms with Crippen LogP contribution in [0.3, 0.4) is 0 Å². The van der Waals surface area contributed by atoms with Gasteiger partial charge in [-0.25, -0.2) is 8.42 Å². The number of sulfonamides is 1. The van der Waals surface area contributed by atoms with E-state index in [2.05, 4.69) is 37.2 Å². The van der Waals surface area contributed by atoms with Gasteiger partial charge in [0.05, 0.1) is 11.4 Å². The molecule has 0 heterocycles. The van der Waals surface area contributed by atoms with Gasteiger partial charge < -0.3 is 5.32 Å². The molecule has 2 aromatic carbocycles. The Morgan fingerprint density at radius 2 is 1.83 bits per heavy atom. The van der Waals surface area contributed by atoms with Crippen molar-refractivity contribution in [3.05, 3.63) is 57.0 Å². The highest BCUT2D eigenvalue weighted by Crippen LogP contribution is 2.24. The van der Waals surface area contributed by atoms with Crippen LogP contribution in [0.15, 0.2) is 56.3 Å². The zero-order valence-corrected chi connectivity index (χ0v) is 17.1. The summed E-state index contributed by atoms with van der Waals surface area (Å²) in [4.78, 5) is 12.3. The Kier molecular flexibility index (Phi) is 6.19. The van der Waals surface area contributed by atoms with Gasteiger partial charge in [-0.1, -0.05) is 28.1 Å². The predicted molar refractivity (Wildman–Crippen MR) is 101 cm³/mol. The molecule has 0 aromatic heterocycles. The van der Waals surface area contributed by atoms with E-state index < -0.39 is 15.9 Å². The first-order valence-corrected chi connectivity index (χ1v) is 10.0. The largest absolute Gasteiger partial charge is 0.325 e. The van der Waals surface area contributed by atoms with E-state index in [1.807, 2.05) is 19.1 Å². The summed E-state index contributed by atoms with van der Waals surface area (Å²) in [6, 6.07) is 11.9. The third kappa shape index (κ3) is 4.44. The highest BCUT2D eigenvalue weighted by molar-refractivity contribution is 9.10. The number of nitrogens with one attached hydrogen (secondary N) is 1. The molecule has 1 N–H and O–H groups in total. The molecule has 0 radical (unpaired) electrons. The molecule has 0 bridgehead atoms. The molecule has 2 rings (SSSR count). The standard InChI is InChI=1S/C16H16Br2N2O3S/c1-11-9-12(17)7-8-14(11)19-16(21)10-20(2)24(22,23)15-6-4-3-5-13(15)18/h3-9H,10H2,1-2H3,(H,19,21). The van der Waals surface area contributed by atoms with Gasteiger partial charge in [-0.15, -0.1) is 0 Å². The average Bonchev–Trinajstić information content (AvgIpc) is 2.50. The molecular formula is C16H16Br2N2O3S. The number of carbonyl (C=O) groups excluding carboxylic acids is 1. The van der Waals surface area contributed by atoms with Crippen LogP contribution in [-0.4, -0.2) is 32.2 Å². The normalized spacial score (nSPS) is 11.5. The number of halogens is 2. The molecule has 1 amide bonds. The van der Waals surface area contributed by atoms with Gasteiger partial charge in [-0.05, 0) is 58.7 Å². The van der Waals surface area contributed by atoms with Crippen molar-refractivity contribution >= 4 is 53.5 Å². The van der Waals surface area contributed by atoms with Gasteiger partial charge in [0.25, 0.3) is 0 Å². The van der Waals surface area contributed by atoms with Crippen molar-refractivity contribution in [2.75, 3.05) is 18.9 Å². The van der Waals surface area contributed by atoms with Crippen LogP contribution in [0.25, 0.3) is 0 Å². The van der Waals surface area contributed by atoms with Gasteiger partial charge in [0.15, 0.2) is 0 Å². The molecule has 0 aliphatic heterocycles. The van der Waals surface area contributed by atoms with Crippen molar-refractivity contribution < 1.29 is 13.2 Å². The van der Waals surface area contributed by atoms with Crippen LogP contribution in [0.1, 0.15) is 5.56 Å². The van der Waals surface area contributed by atoms with Gasteiger partial charge in [-0.3, -0.25) is 4.79 Å². The number of benzene rings is 2. The lowest BCUT2D eigenvalue weighted by Gasteiger charge is -2.18. The van der Waals surface area contributed by atoms with Crippen LogP contribution < -0.4 is 5.32 Å².